The van der Waals surface area contributed by atoms with Gasteiger partial charge < -0.3 is 0 Å². The third-order valence-corrected chi connectivity index (χ3v) is 16.7. The van der Waals surface area contributed by atoms with Crippen LogP contribution in [0.1, 0.15) is 0 Å². The van der Waals surface area contributed by atoms with Crippen LogP contribution in [0.25, 0.3) is 109 Å². The minimum Gasteiger partial charge on any atom is -0.0623 e. The molecule has 0 amide bonds. The lowest BCUT2D eigenvalue weighted by molar-refractivity contribution is 1.61. The third kappa shape index (κ3) is 5.35. The Kier molecular flexibility index (Phi) is 7.48. The molecule has 0 saturated heterocycles. The fraction of sp³-hybridized carbons (Fsp3) is 0.0345. The van der Waals surface area contributed by atoms with Gasteiger partial charge >= 0.3 is 0 Å². The molecule has 1 aliphatic heterocycles. The molecule has 1 aliphatic rings. The monoisotopic (exact) mass is 764 g/mol. The van der Waals surface area contributed by atoms with Crippen molar-refractivity contribution in [1.82, 2.24) is 0 Å². The van der Waals surface area contributed by atoms with Gasteiger partial charge in [0.25, 0.3) is 0 Å². The van der Waals surface area contributed by atoms with Crippen LogP contribution in [0.5, 0.6) is 0 Å². The van der Waals surface area contributed by atoms with Gasteiger partial charge in [0.1, 0.15) is 8.07 Å². The van der Waals surface area contributed by atoms with E-state index in [9.17, 15) is 0 Å². The molecule has 0 saturated carbocycles. The number of benzene rings is 11. The fourth-order valence-corrected chi connectivity index (χ4v) is 13.2. The number of hydrogen-bond donors (Lipinski definition) is 0. The van der Waals surface area contributed by atoms with Gasteiger partial charge in [0.05, 0.1) is 0 Å². The molecule has 12 rings (SSSR count). The van der Waals surface area contributed by atoms with Crippen molar-refractivity contribution in [2.45, 2.75) is 13.1 Å². The highest BCUT2D eigenvalue weighted by molar-refractivity contribution is 7.04. The zero-order valence-electron chi connectivity index (χ0n) is 33.1. The SMILES string of the molecule is C[Si]1(C)c2ccccc2-c2cc3c(-c4ccc5ccccc5c4)c4ccc(-c5ccc(-c6ccc7ccccc7c6)cc5)cc4c(-c4ccc5ccccc5c4)c3cc21. The van der Waals surface area contributed by atoms with E-state index in [1.165, 1.54) is 120 Å². The van der Waals surface area contributed by atoms with Crippen LogP contribution >= 0.6 is 0 Å². The molecule has 0 aliphatic carbocycles. The predicted octanol–water partition coefficient (Wildman–Crippen LogP) is 14.9. The Bertz CT molecular complexity index is 3520. The van der Waals surface area contributed by atoms with Crippen LogP contribution < -0.4 is 10.4 Å². The molecule has 0 radical (unpaired) electrons. The second-order valence-corrected chi connectivity index (χ2v) is 21.2. The van der Waals surface area contributed by atoms with Crippen LogP contribution in [-0.2, 0) is 0 Å². The first-order valence-electron chi connectivity index (χ1n) is 20.7. The Hall–Kier alpha value is -7.06. The lowest BCUT2D eigenvalue weighted by Crippen LogP contribution is -2.49. The molecule has 59 heavy (non-hydrogen) atoms. The molecule has 0 N–H and O–H groups in total. The summed E-state index contributed by atoms with van der Waals surface area (Å²) in [5.41, 5.74) is 12.8. The van der Waals surface area contributed by atoms with E-state index in [0.717, 1.165) is 0 Å². The van der Waals surface area contributed by atoms with Crippen molar-refractivity contribution in [3.8, 4) is 55.6 Å². The summed E-state index contributed by atoms with van der Waals surface area (Å²) in [6.45, 7) is 5.06. The summed E-state index contributed by atoms with van der Waals surface area (Å²) in [6, 6.07) is 77.7. The van der Waals surface area contributed by atoms with E-state index >= 15 is 0 Å². The van der Waals surface area contributed by atoms with Crippen molar-refractivity contribution in [3.05, 3.63) is 206 Å². The molecule has 0 spiro atoms. The van der Waals surface area contributed by atoms with Gasteiger partial charge in [0.2, 0.25) is 0 Å². The van der Waals surface area contributed by atoms with E-state index < -0.39 is 8.07 Å². The molecule has 276 valence electrons. The van der Waals surface area contributed by atoms with Crippen molar-refractivity contribution in [3.63, 3.8) is 0 Å². The van der Waals surface area contributed by atoms with Crippen LogP contribution in [0.3, 0.4) is 0 Å². The molecule has 0 fully saturated rings. The summed E-state index contributed by atoms with van der Waals surface area (Å²) in [7, 11) is -1.98. The summed E-state index contributed by atoms with van der Waals surface area (Å²) in [6.07, 6.45) is 0. The summed E-state index contributed by atoms with van der Waals surface area (Å²) < 4.78 is 0. The van der Waals surface area contributed by atoms with Gasteiger partial charge in [-0.25, -0.2) is 0 Å². The number of hydrogen-bond acceptors (Lipinski definition) is 0. The van der Waals surface area contributed by atoms with Crippen LogP contribution in [0.4, 0.5) is 0 Å². The van der Waals surface area contributed by atoms with Crippen molar-refractivity contribution in [2.24, 2.45) is 0 Å². The van der Waals surface area contributed by atoms with Crippen molar-refractivity contribution >= 4 is 72.3 Å². The largest absolute Gasteiger partial charge is 0.113 e. The summed E-state index contributed by atoms with van der Waals surface area (Å²) in [5.74, 6) is 0. The van der Waals surface area contributed by atoms with Gasteiger partial charge in [-0.05, 0) is 150 Å². The van der Waals surface area contributed by atoms with Crippen LogP contribution in [-0.4, -0.2) is 8.07 Å². The second kappa shape index (κ2) is 13.0. The molecule has 0 unspecified atom stereocenters. The molecule has 11 aromatic rings. The Morgan fingerprint density at radius 2 is 0.661 bits per heavy atom. The number of rotatable bonds is 4. The Morgan fingerprint density at radius 3 is 1.25 bits per heavy atom. The number of fused-ring (bicyclic) bond motifs is 8. The van der Waals surface area contributed by atoms with Gasteiger partial charge in [0, 0.05) is 0 Å². The lowest BCUT2D eigenvalue weighted by atomic mass is 9.83. The molecular weight excluding hydrogens is 725 g/mol. The predicted molar refractivity (Wildman–Crippen MR) is 258 cm³/mol. The van der Waals surface area contributed by atoms with E-state index in [-0.39, 0.29) is 0 Å². The molecule has 0 nitrogen and oxygen atoms in total. The van der Waals surface area contributed by atoms with Crippen molar-refractivity contribution < 1.29 is 0 Å². The fourth-order valence-electron chi connectivity index (χ4n) is 10.1. The highest BCUT2D eigenvalue weighted by Gasteiger charge is 2.38. The van der Waals surface area contributed by atoms with Gasteiger partial charge in [-0.2, -0.15) is 0 Å². The topological polar surface area (TPSA) is 0 Å². The highest BCUT2D eigenvalue weighted by Crippen LogP contribution is 2.47. The van der Waals surface area contributed by atoms with Gasteiger partial charge in [0.15, 0.2) is 0 Å². The molecule has 1 heterocycles. The van der Waals surface area contributed by atoms with E-state index in [0.29, 0.717) is 0 Å². The smallest absolute Gasteiger partial charge is 0.0623 e. The summed E-state index contributed by atoms with van der Waals surface area (Å²) in [5, 5.41) is 15.8. The van der Waals surface area contributed by atoms with Gasteiger partial charge in [-0.1, -0.05) is 189 Å². The van der Waals surface area contributed by atoms with Crippen molar-refractivity contribution in [2.75, 3.05) is 0 Å². The zero-order valence-corrected chi connectivity index (χ0v) is 34.1. The zero-order chi connectivity index (χ0) is 39.2. The molecular formula is C58H40Si. The van der Waals surface area contributed by atoms with Crippen molar-refractivity contribution in [1.29, 1.82) is 0 Å². The maximum Gasteiger partial charge on any atom is 0.113 e. The standard InChI is InChI=1S/C58H40Si/c1-59(2)55-18-10-9-17-49(55)51-35-53-54(36-56(51)59)58(48-28-25-39-13-5-8-16-44(39)33-48)52-34-46(29-30-50(52)57(53)47-27-24-38-12-4-7-15-43(38)32-47)41-21-19-40(20-22-41)45-26-23-37-11-3-6-14-42(37)31-45/h3-36H,1-2H3. The average Bonchev–Trinajstić information content (AvgIpc) is 3.51. The van der Waals surface area contributed by atoms with Gasteiger partial charge in [-0.3, -0.25) is 0 Å². The summed E-state index contributed by atoms with van der Waals surface area (Å²) in [4.78, 5) is 0. The van der Waals surface area contributed by atoms with E-state index in [1.54, 1.807) is 0 Å². The minimum atomic E-state index is -1.98. The Balaban J connectivity index is 1.15. The third-order valence-electron chi connectivity index (χ3n) is 13.2. The van der Waals surface area contributed by atoms with Crippen LogP contribution in [0.15, 0.2) is 206 Å². The van der Waals surface area contributed by atoms with Crippen LogP contribution in [0, 0.1) is 0 Å². The van der Waals surface area contributed by atoms with E-state index in [1.807, 2.05) is 0 Å². The molecule has 0 atom stereocenters. The normalized spacial score (nSPS) is 13.1. The first-order chi connectivity index (χ1) is 29.0. The minimum absolute atomic E-state index is 1.21. The first-order valence-corrected chi connectivity index (χ1v) is 23.7. The molecule has 11 aromatic carbocycles. The van der Waals surface area contributed by atoms with E-state index in [4.69, 9.17) is 0 Å². The summed E-state index contributed by atoms with van der Waals surface area (Å²) >= 11 is 0. The average molecular weight is 765 g/mol. The quantitative estimate of drug-likeness (QED) is 0.124. The Labute approximate surface area is 345 Å². The second-order valence-electron chi connectivity index (χ2n) is 16.9. The van der Waals surface area contributed by atoms with Gasteiger partial charge in [-0.15, -0.1) is 0 Å². The molecule has 0 bridgehead atoms. The Morgan fingerprint density at radius 1 is 0.254 bits per heavy atom. The maximum absolute atomic E-state index is 2.61. The maximum atomic E-state index is 2.61. The van der Waals surface area contributed by atoms with Crippen LogP contribution in [0.2, 0.25) is 13.1 Å². The highest BCUT2D eigenvalue weighted by atomic mass is 28.3. The van der Waals surface area contributed by atoms with E-state index in [2.05, 4.69) is 219 Å². The first kappa shape index (κ1) is 34.0. The molecule has 1 heteroatoms. The lowest BCUT2D eigenvalue weighted by Gasteiger charge is -2.23. The molecule has 0 aromatic heterocycles.